The highest BCUT2D eigenvalue weighted by Crippen LogP contribution is 2.35. The molecule has 2 N–H and O–H groups in total. The second-order valence-electron chi connectivity index (χ2n) is 9.12. The quantitative estimate of drug-likeness (QED) is 0.412. The van der Waals surface area contributed by atoms with Crippen LogP contribution in [0.25, 0.3) is 5.65 Å². The number of pyridine rings is 1. The Morgan fingerprint density at radius 1 is 1.16 bits per heavy atom. The molecule has 0 radical (unpaired) electrons. The fourth-order valence-corrected chi connectivity index (χ4v) is 4.21. The standard InChI is InChI=1S/C26H21F3N6O2/c1-25(37)15-34(16-25)14-18-5-6-20(10-22(18)26(27,28)29)33-24(36)19-9-17(11-30-12-19)4-7-21-13-31-23-3-2-8-32-35(21)23/h2-3,5-6,8-13,37H,14-16H2,1H3,(H,33,36). The van der Waals surface area contributed by atoms with Crippen LogP contribution in [0.3, 0.4) is 0 Å². The molecule has 8 nitrogen and oxygen atoms in total. The van der Waals surface area contributed by atoms with E-state index in [2.05, 4.69) is 32.2 Å². The van der Waals surface area contributed by atoms with Crippen molar-refractivity contribution in [3.63, 3.8) is 0 Å². The van der Waals surface area contributed by atoms with Crippen LogP contribution < -0.4 is 5.32 Å². The number of fused-ring (bicyclic) bond motifs is 1. The average molecular weight is 506 g/mol. The highest BCUT2D eigenvalue weighted by Gasteiger charge is 2.39. The van der Waals surface area contributed by atoms with Crippen LogP contribution in [-0.2, 0) is 12.7 Å². The Labute approximate surface area is 209 Å². The molecule has 4 heterocycles. The monoisotopic (exact) mass is 506 g/mol. The molecule has 4 aromatic rings. The van der Waals surface area contributed by atoms with Crippen molar-refractivity contribution in [1.82, 2.24) is 24.5 Å². The first kappa shape index (κ1) is 24.4. The van der Waals surface area contributed by atoms with Crippen LogP contribution >= 0.6 is 0 Å². The molecule has 1 fully saturated rings. The number of benzene rings is 1. The summed E-state index contributed by atoms with van der Waals surface area (Å²) in [6.45, 7) is 2.27. The molecule has 37 heavy (non-hydrogen) atoms. The van der Waals surface area contributed by atoms with Gasteiger partial charge in [0.2, 0.25) is 0 Å². The maximum atomic E-state index is 13.7. The molecule has 0 bridgehead atoms. The Balaban J connectivity index is 1.33. The minimum absolute atomic E-state index is 0.00460. The molecular weight excluding hydrogens is 485 g/mol. The third-order valence-corrected chi connectivity index (χ3v) is 5.81. The smallest absolute Gasteiger partial charge is 0.388 e. The van der Waals surface area contributed by atoms with E-state index in [9.17, 15) is 23.1 Å². The van der Waals surface area contributed by atoms with Crippen molar-refractivity contribution < 1.29 is 23.1 Å². The molecule has 188 valence electrons. The van der Waals surface area contributed by atoms with Gasteiger partial charge < -0.3 is 10.4 Å². The van der Waals surface area contributed by atoms with Gasteiger partial charge in [0.1, 0.15) is 5.69 Å². The average Bonchev–Trinajstić information content (AvgIpc) is 3.25. The van der Waals surface area contributed by atoms with Gasteiger partial charge in [0.15, 0.2) is 5.65 Å². The maximum Gasteiger partial charge on any atom is 0.416 e. The lowest BCUT2D eigenvalue weighted by Crippen LogP contribution is -2.59. The number of hydrogen-bond donors (Lipinski definition) is 2. The number of carbonyl (C=O) groups excluding carboxylic acids is 1. The van der Waals surface area contributed by atoms with E-state index in [1.54, 1.807) is 40.9 Å². The maximum absolute atomic E-state index is 13.7. The lowest BCUT2D eigenvalue weighted by atomic mass is 9.95. The number of halogens is 3. The third kappa shape index (κ3) is 5.45. The molecule has 0 aliphatic carbocycles. The van der Waals surface area contributed by atoms with Gasteiger partial charge in [0, 0.05) is 49.5 Å². The number of alkyl halides is 3. The molecule has 0 spiro atoms. The molecule has 0 saturated carbocycles. The first-order valence-electron chi connectivity index (χ1n) is 11.3. The number of imidazole rings is 1. The molecule has 1 saturated heterocycles. The first-order valence-corrected chi connectivity index (χ1v) is 11.3. The van der Waals surface area contributed by atoms with Gasteiger partial charge in [-0.05, 0) is 48.7 Å². The predicted molar refractivity (Wildman–Crippen MR) is 129 cm³/mol. The zero-order valence-electron chi connectivity index (χ0n) is 19.6. The van der Waals surface area contributed by atoms with Crippen molar-refractivity contribution >= 4 is 17.2 Å². The van der Waals surface area contributed by atoms with Crippen molar-refractivity contribution in [3.8, 4) is 11.8 Å². The number of carbonyl (C=O) groups is 1. The Kier molecular flexibility index (Phi) is 6.15. The van der Waals surface area contributed by atoms with Gasteiger partial charge >= 0.3 is 6.18 Å². The molecule has 1 aromatic carbocycles. The molecule has 0 atom stereocenters. The summed E-state index contributed by atoms with van der Waals surface area (Å²) in [5, 5.41) is 16.5. The van der Waals surface area contributed by atoms with Gasteiger partial charge in [-0.2, -0.15) is 18.3 Å². The van der Waals surface area contributed by atoms with Crippen LogP contribution in [-0.4, -0.2) is 54.2 Å². The zero-order chi connectivity index (χ0) is 26.2. The molecular formula is C26H21F3N6O2. The number of β-amino-alcohol motifs (C(OH)–C–C–N with tert-alkyl or cyclic N) is 1. The van der Waals surface area contributed by atoms with Crippen LogP contribution in [0.5, 0.6) is 0 Å². The number of rotatable bonds is 4. The summed E-state index contributed by atoms with van der Waals surface area (Å²) in [7, 11) is 0. The summed E-state index contributed by atoms with van der Waals surface area (Å²) in [4.78, 5) is 22.8. The summed E-state index contributed by atoms with van der Waals surface area (Å²) >= 11 is 0. The molecule has 3 aromatic heterocycles. The van der Waals surface area contributed by atoms with Crippen molar-refractivity contribution in [2.45, 2.75) is 25.2 Å². The molecule has 1 aliphatic rings. The van der Waals surface area contributed by atoms with E-state index in [1.165, 1.54) is 30.6 Å². The Hall–Kier alpha value is -4.27. The van der Waals surface area contributed by atoms with E-state index < -0.39 is 23.2 Å². The van der Waals surface area contributed by atoms with Crippen molar-refractivity contribution in [1.29, 1.82) is 0 Å². The molecule has 1 aliphatic heterocycles. The summed E-state index contributed by atoms with van der Waals surface area (Å²) in [6, 6.07) is 8.73. The van der Waals surface area contributed by atoms with E-state index >= 15 is 0 Å². The normalized spacial score (nSPS) is 15.1. The number of anilines is 1. The van der Waals surface area contributed by atoms with Crippen LogP contribution in [0, 0.1) is 11.8 Å². The van der Waals surface area contributed by atoms with E-state index in [4.69, 9.17) is 0 Å². The number of nitrogens with one attached hydrogen (secondary N) is 1. The van der Waals surface area contributed by atoms with Crippen LogP contribution in [0.4, 0.5) is 18.9 Å². The Bertz CT molecular complexity index is 1540. The lowest BCUT2D eigenvalue weighted by Gasteiger charge is -2.44. The van der Waals surface area contributed by atoms with Gasteiger partial charge in [-0.3, -0.25) is 14.7 Å². The van der Waals surface area contributed by atoms with Crippen molar-refractivity contribution in [3.05, 3.63) is 89.1 Å². The SMILES string of the molecule is CC1(O)CN(Cc2ccc(NC(=O)c3cncc(C#Cc4cnc5cccnn45)c3)cc2C(F)(F)F)C1. The van der Waals surface area contributed by atoms with Gasteiger partial charge in [-0.1, -0.05) is 12.0 Å². The number of likely N-dealkylation sites (tertiary alicyclic amines) is 1. The number of nitrogens with zero attached hydrogens (tertiary/aromatic N) is 5. The first-order chi connectivity index (χ1) is 17.6. The molecule has 0 unspecified atom stereocenters. The van der Waals surface area contributed by atoms with Gasteiger partial charge in [0.05, 0.1) is 22.9 Å². The molecule has 1 amide bonds. The number of aromatic nitrogens is 4. The summed E-state index contributed by atoms with van der Waals surface area (Å²) in [5.74, 6) is 5.22. The molecule has 11 heteroatoms. The van der Waals surface area contributed by atoms with E-state index in [1.807, 2.05) is 0 Å². The number of hydrogen-bond acceptors (Lipinski definition) is 6. The summed E-state index contributed by atoms with van der Waals surface area (Å²) in [5.41, 5.74) is 0.121. The van der Waals surface area contributed by atoms with E-state index in [0.717, 1.165) is 6.07 Å². The van der Waals surface area contributed by atoms with Gasteiger partial charge in [-0.25, -0.2) is 9.50 Å². The third-order valence-electron chi connectivity index (χ3n) is 5.81. The fraction of sp³-hybridized carbons (Fsp3) is 0.231. The van der Waals surface area contributed by atoms with Crippen LogP contribution in [0.1, 0.15) is 39.7 Å². The Morgan fingerprint density at radius 3 is 2.73 bits per heavy atom. The Morgan fingerprint density at radius 2 is 1.97 bits per heavy atom. The largest absolute Gasteiger partial charge is 0.416 e. The van der Waals surface area contributed by atoms with Crippen LogP contribution in [0.15, 0.2) is 61.2 Å². The molecule has 5 rings (SSSR count). The minimum atomic E-state index is -4.60. The van der Waals surface area contributed by atoms with Gasteiger partial charge in [-0.15, -0.1) is 0 Å². The highest BCUT2D eigenvalue weighted by molar-refractivity contribution is 6.04. The fourth-order valence-electron chi connectivity index (χ4n) is 4.21. The zero-order valence-corrected chi connectivity index (χ0v) is 19.6. The topological polar surface area (TPSA) is 95.7 Å². The summed E-state index contributed by atoms with van der Waals surface area (Å²) in [6.07, 6.45) is 1.37. The van der Waals surface area contributed by atoms with Crippen molar-refractivity contribution in [2.24, 2.45) is 0 Å². The van der Waals surface area contributed by atoms with Crippen LogP contribution in [0.2, 0.25) is 0 Å². The van der Waals surface area contributed by atoms with Gasteiger partial charge in [0.25, 0.3) is 5.91 Å². The number of amides is 1. The predicted octanol–water partition coefficient (Wildman–Crippen LogP) is 3.36. The van der Waals surface area contributed by atoms with Crippen molar-refractivity contribution in [2.75, 3.05) is 18.4 Å². The van der Waals surface area contributed by atoms with E-state index in [-0.39, 0.29) is 23.4 Å². The summed E-state index contributed by atoms with van der Waals surface area (Å²) < 4.78 is 42.8. The highest BCUT2D eigenvalue weighted by atomic mass is 19.4. The number of aliphatic hydroxyl groups is 1. The second kappa shape index (κ2) is 9.31. The minimum Gasteiger partial charge on any atom is -0.388 e. The second-order valence-corrected chi connectivity index (χ2v) is 9.12. The lowest BCUT2D eigenvalue weighted by molar-refractivity contribution is -0.139. The van der Waals surface area contributed by atoms with E-state index in [0.29, 0.717) is 30.0 Å².